The van der Waals surface area contributed by atoms with Crippen molar-refractivity contribution in [3.8, 4) is 33.0 Å². The maximum absolute atomic E-state index is 15.5. The molecule has 0 spiro atoms. The van der Waals surface area contributed by atoms with Gasteiger partial charge >= 0.3 is 0 Å². The lowest BCUT2D eigenvalue weighted by atomic mass is 9.65. The van der Waals surface area contributed by atoms with Crippen LogP contribution < -0.4 is 0 Å². The van der Waals surface area contributed by atoms with E-state index in [9.17, 15) is 20.1 Å². The van der Waals surface area contributed by atoms with E-state index in [1.165, 1.54) is 65.3 Å². The fraction of sp³-hybridized carbons (Fsp3) is 0.284. The van der Waals surface area contributed by atoms with Crippen LogP contribution in [0.1, 0.15) is 244 Å². The van der Waals surface area contributed by atoms with Gasteiger partial charge in [-0.1, -0.05) is 202 Å². The number of nitrogens with zero attached hydrogens (tertiary/aromatic N) is 4. The Labute approximate surface area is 647 Å². The monoisotopic (exact) mass is 1490 g/mol. The quantitative estimate of drug-likeness (QED) is 0.0234. The first-order valence-electron chi connectivity index (χ1n) is 38.3. The van der Waals surface area contributed by atoms with Crippen LogP contribution in [-0.4, -0.2) is 11.6 Å². The zero-order chi connectivity index (χ0) is 75.1. The molecule has 0 amide bonds. The predicted molar refractivity (Wildman–Crippen MR) is 439 cm³/mol. The Kier molecular flexibility index (Phi) is 21.0. The van der Waals surface area contributed by atoms with Crippen LogP contribution in [0.25, 0.3) is 72.7 Å². The number of carbonyl (C=O) groups is 2. The average Bonchev–Trinajstić information content (AvgIpc) is 1.49. The van der Waals surface area contributed by atoms with Crippen LogP contribution in [0, 0.1) is 60.2 Å². The van der Waals surface area contributed by atoms with Crippen molar-refractivity contribution in [1.82, 2.24) is 0 Å². The summed E-state index contributed by atoms with van der Waals surface area (Å²) in [6, 6.07) is 55.3. The van der Waals surface area contributed by atoms with E-state index in [-0.39, 0.29) is 50.4 Å². The molecule has 0 N–H and O–H groups in total. The molecule has 108 heavy (non-hydrogen) atoms. The average molecular weight is 1500 g/mol. The number of rotatable bonds is 26. The number of fused-ring (bicyclic) bond motifs is 12. The van der Waals surface area contributed by atoms with Gasteiger partial charge in [-0.25, -0.2) is 33.4 Å². The summed E-state index contributed by atoms with van der Waals surface area (Å²) < 4.78 is 49.8. The van der Waals surface area contributed by atoms with Crippen LogP contribution >= 0.6 is 45.3 Å². The zero-order valence-electron chi connectivity index (χ0n) is 61.5. The number of halogens is 3. The van der Waals surface area contributed by atoms with Gasteiger partial charge in [0.1, 0.15) is 5.82 Å². The van der Waals surface area contributed by atoms with E-state index >= 15 is 13.2 Å². The van der Waals surface area contributed by atoms with E-state index < -0.39 is 39.8 Å². The Morgan fingerprint density at radius 2 is 0.741 bits per heavy atom. The highest BCUT2D eigenvalue weighted by Gasteiger charge is 2.55. The zero-order valence-corrected chi connectivity index (χ0v) is 64.8. The summed E-state index contributed by atoms with van der Waals surface area (Å²) in [5.74, 6) is -3.94. The van der Waals surface area contributed by atoms with Gasteiger partial charge in [-0.3, -0.25) is 9.59 Å². The van der Waals surface area contributed by atoms with Crippen molar-refractivity contribution < 1.29 is 22.8 Å². The third-order valence-electron chi connectivity index (χ3n) is 22.7. The molecule has 4 heterocycles. The molecule has 0 radical (unpaired) electrons. The Morgan fingerprint density at radius 1 is 0.417 bits per heavy atom. The van der Waals surface area contributed by atoms with Gasteiger partial charge < -0.3 is 0 Å². The number of unbranched alkanes of at least 4 members (excludes halogenated alkanes) is 12. The van der Waals surface area contributed by atoms with Gasteiger partial charge in [0.05, 0.1) is 45.5 Å². The molecule has 0 atom stereocenters. The minimum atomic E-state index is -1.19. The van der Waals surface area contributed by atoms with E-state index in [2.05, 4.69) is 165 Å². The summed E-state index contributed by atoms with van der Waals surface area (Å²) in [5.41, 5.74) is 14.9. The maximum Gasteiger partial charge on any atom is 0.270 e. The molecule has 4 aliphatic carbocycles. The molecule has 0 aliphatic heterocycles. The highest BCUT2D eigenvalue weighted by molar-refractivity contribution is 7.31. The number of nitriles is 2. The topological polar surface area (TPSA) is 90.4 Å². The molecule has 7 aromatic carbocycles. The Hall–Kier alpha value is -10.1. The predicted octanol–water partition coefficient (Wildman–Crippen LogP) is 27.0. The molecule has 0 unspecified atom stereocenters. The van der Waals surface area contributed by atoms with Crippen molar-refractivity contribution >= 4 is 99.0 Å². The van der Waals surface area contributed by atoms with E-state index in [1.54, 1.807) is 53.1 Å². The van der Waals surface area contributed by atoms with Gasteiger partial charge in [-0.2, -0.15) is 0 Å². The number of carbonyl (C=O) groups excluding carboxylic acids is 2. The van der Waals surface area contributed by atoms with Gasteiger partial charge in [-0.15, -0.1) is 45.3 Å². The molecular formula is C95H81F3N4O2S4. The lowest BCUT2D eigenvalue weighted by Gasteiger charge is -2.36. The second kappa shape index (κ2) is 30.9. The van der Waals surface area contributed by atoms with Crippen LogP contribution in [-0.2, 0) is 36.5 Å². The molecule has 6 nitrogen and oxygen atoms in total. The van der Waals surface area contributed by atoms with Crippen molar-refractivity contribution in [3.05, 3.63) is 313 Å². The molecule has 4 aliphatic rings. The van der Waals surface area contributed by atoms with Crippen molar-refractivity contribution in [3.63, 3.8) is 0 Å². The molecular weight excluding hydrogens is 1410 g/mol. The van der Waals surface area contributed by atoms with Gasteiger partial charge in [0.2, 0.25) is 0 Å². The first kappa shape index (κ1) is 73.4. The summed E-state index contributed by atoms with van der Waals surface area (Å²) in [5, 5.41) is 20.9. The van der Waals surface area contributed by atoms with Crippen LogP contribution in [0.15, 0.2) is 168 Å². The Bertz CT molecular complexity index is 5260. The highest BCUT2D eigenvalue weighted by atomic mass is 32.1. The van der Waals surface area contributed by atoms with E-state index in [4.69, 9.17) is 13.1 Å². The SMILES string of the molecule is [C-]#[N+]C(C#N)=C1/C(=C/c2cc3sc4c(c3s2)C(c2ccc(CCCCCC)cc2)(c2ccc(CCCCCC)cc2)c2cc3c(cc2-4)C(c2ccc(CCCCCC)cc2)(c2ccc(CCCCCC)cc2)c2c-3sc3cc(/C=C4\C(=O)c5cc(F)c(F)cc5\C4=C(\C#N)[N+]#[C-])sc23)C(=O)c2cc(F)c(C)cc21. The second-order valence-corrected chi connectivity index (χ2v) is 33.7. The number of hydrogen-bond donors (Lipinski definition) is 0. The molecule has 4 aromatic heterocycles. The number of ketones is 2. The fourth-order valence-electron chi connectivity index (χ4n) is 17.3. The largest absolute Gasteiger partial charge is 0.289 e. The molecule has 0 fully saturated rings. The summed E-state index contributed by atoms with van der Waals surface area (Å²) in [6.07, 6.45) is 25.5. The fourth-order valence-corrected chi connectivity index (χ4v) is 22.8. The summed E-state index contributed by atoms with van der Waals surface area (Å²) in [4.78, 5) is 40.2. The van der Waals surface area contributed by atoms with Crippen molar-refractivity contribution in [2.24, 2.45) is 0 Å². The van der Waals surface area contributed by atoms with Crippen LogP contribution in [0.3, 0.4) is 0 Å². The minimum absolute atomic E-state index is 0.0122. The van der Waals surface area contributed by atoms with Gasteiger partial charge in [0, 0.05) is 73.5 Å². The van der Waals surface area contributed by atoms with Crippen LogP contribution in [0.5, 0.6) is 0 Å². The Balaban J connectivity index is 1.01. The number of thiophene rings is 4. The van der Waals surface area contributed by atoms with Crippen molar-refractivity contribution in [2.75, 3.05) is 0 Å². The van der Waals surface area contributed by atoms with Gasteiger partial charge in [-0.05, 0) is 202 Å². The summed E-state index contributed by atoms with van der Waals surface area (Å²) in [6.45, 7) is 26.8. The first-order chi connectivity index (χ1) is 52.7. The summed E-state index contributed by atoms with van der Waals surface area (Å²) >= 11 is 6.58. The highest BCUT2D eigenvalue weighted by Crippen LogP contribution is 2.68. The first-order valence-corrected chi connectivity index (χ1v) is 41.5. The molecule has 0 saturated carbocycles. The standard InChI is InChI=1S/C95H81F3N4O2S4/c1-8-12-16-20-24-57-28-36-61(37-29-57)94(62-38-30-58(31-39-62)25-21-17-13-9-2)75-50-72-76(49-71(75)90-86(94)92-82(107-90)47-65(105-92)45-73-84(80(54-99)101-6)67-44-56(5)77(96)52-69(67)88(73)103)95(63-40-32-59(33-41-63)26-22-18-14-10-3,64-42-34-60(35-43-64)27-23-19-15-11-4)87-91(72)108-83-48-66(106-93(83)87)46-74-85(81(55-100)102-7)68-51-78(97)79(98)53-70(68)89(74)104/h28-53H,8-27H2,1-5H3/b73-45-,74-46-,84-80?,85-81+. The van der Waals surface area contributed by atoms with Gasteiger partial charge in [0.15, 0.2) is 23.2 Å². The third kappa shape index (κ3) is 12.6. The second-order valence-electron chi connectivity index (χ2n) is 29.4. The normalized spacial score (nSPS) is 15.8. The molecule has 0 saturated heterocycles. The lowest BCUT2D eigenvalue weighted by molar-refractivity contribution is 0.103. The maximum atomic E-state index is 15.5. The lowest BCUT2D eigenvalue weighted by Crippen LogP contribution is -2.30. The number of hydrogen-bond acceptors (Lipinski definition) is 8. The van der Waals surface area contributed by atoms with E-state index in [1.807, 2.05) is 12.1 Å². The molecule has 538 valence electrons. The minimum Gasteiger partial charge on any atom is -0.289 e. The number of benzene rings is 7. The molecule has 11 aromatic rings. The Morgan fingerprint density at radius 3 is 1.06 bits per heavy atom. The third-order valence-corrected chi connectivity index (χ3v) is 27.5. The number of aryl methyl sites for hydroxylation is 5. The van der Waals surface area contributed by atoms with E-state index in [0.29, 0.717) is 16.0 Å². The smallest absolute Gasteiger partial charge is 0.270 e. The van der Waals surface area contributed by atoms with Gasteiger partial charge in [0.25, 0.3) is 11.4 Å². The van der Waals surface area contributed by atoms with Crippen LogP contribution in [0.2, 0.25) is 0 Å². The number of allylic oxidation sites excluding steroid dienone is 6. The summed E-state index contributed by atoms with van der Waals surface area (Å²) in [7, 11) is 0. The van der Waals surface area contributed by atoms with Crippen molar-refractivity contribution in [2.45, 2.75) is 174 Å². The van der Waals surface area contributed by atoms with E-state index in [0.717, 1.165) is 204 Å². The molecule has 13 heteroatoms. The molecule has 15 rings (SSSR count). The number of Topliss-reactive ketones (excluding diaryl/α,β-unsaturated/α-hetero) is 2. The van der Waals surface area contributed by atoms with Crippen molar-refractivity contribution in [1.29, 1.82) is 10.5 Å². The van der Waals surface area contributed by atoms with Crippen LogP contribution in [0.4, 0.5) is 13.2 Å². The molecule has 0 bridgehead atoms.